The molecule has 1 atom stereocenters. The molecule has 0 bridgehead atoms. The molecule has 0 saturated carbocycles. The minimum atomic E-state index is -1.16. The van der Waals surface area contributed by atoms with Crippen molar-refractivity contribution in [1.29, 1.82) is 0 Å². The average molecular weight is 569 g/mol. The maximum atomic E-state index is 6.97. The molecular formula is C37H30O2P2. The smallest absolute Gasteiger partial charge is 0.150 e. The number of hydrogen-bond donors (Lipinski definition) is 0. The second-order valence-electron chi connectivity index (χ2n) is 9.67. The van der Waals surface area contributed by atoms with E-state index in [4.69, 9.17) is 9.05 Å². The quantitative estimate of drug-likeness (QED) is 0.163. The zero-order chi connectivity index (χ0) is 27.9. The number of benzene rings is 6. The maximum absolute atomic E-state index is 6.97. The Kier molecular flexibility index (Phi) is 8.53. The number of rotatable bonds is 9. The lowest BCUT2D eigenvalue weighted by atomic mass is 10.0. The maximum Gasteiger partial charge on any atom is 0.150 e. The molecule has 2 nitrogen and oxygen atoms in total. The van der Waals surface area contributed by atoms with Crippen LogP contribution in [0, 0.1) is 6.92 Å². The summed E-state index contributed by atoms with van der Waals surface area (Å²) in [5.41, 5.74) is 3.49. The molecule has 200 valence electrons. The summed E-state index contributed by atoms with van der Waals surface area (Å²) < 4.78 is 13.7. The van der Waals surface area contributed by atoms with Crippen LogP contribution in [0.5, 0.6) is 11.5 Å². The largest absolute Gasteiger partial charge is 0.464 e. The zero-order valence-electron chi connectivity index (χ0n) is 22.8. The first-order valence-corrected chi connectivity index (χ1v) is 16.1. The van der Waals surface area contributed by atoms with Gasteiger partial charge in [0.2, 0.25) is 0 Å². The van der Waals surface area contributed by atoms with E-state index < -0.39 is 16.3 Å². The minimum Gasteiger partial charge on any atom is -0.464 e. The van der Waals surface area contributed by atoms with Crippen LogP contribution in [-0.2, 0) is 0 Å². The molecule has 0 amide bonds. The van der Waals surface area contributed by atoms with Crippen molar-refractivity contribution in [2.75, 3.05) is 0 Å². The van der Waals surface area contributed by atoms with Crippen molar-refractivity contribution < 1.29 is 9.05 Å². The van der Waals surface area contributed by atoms with Gasteiger partial charge in [0, 0.05) is 21.2 Å². The molecule has 0 heterocycles. The first kappa shape index (κ1) is 27.0. The summed E-state index contributed by atoms with van der Waals surface area (Å²) in [6, 6.07) is 56.8. The zero-order valence-corrected chi connectivity index (χ0v) is 24.6. The third-order valence-corrected chi connectivity index (χ3v) is 10.4. The normalized spacial score (nSPS) is 11.7. The van der Waals surface area contributed by atoms with Gasteiger partial charge in [0.1, 0.15) is 11.5 Å². The lowest BCUT2D eigenvalue weighted by molar-refractivity contribution is 0.625. The summed E-state index contributed by atoms with van der Waals surface area (Å²) in [4.78, 5) is 0. The van der Waals surface area contributed by atoms with Crippen LogP contribution < -0.4 is 30.3 Å². The highest BCUT2D eigenvalue weighted by molar-refractivity contribution is 7.69. The third-order valence-electron chi connectivity index (χ3n) is 6.62. The minimum absolute atomic E-state index is 0.831. The Bertz CT molecular complexity index is 1640. The fourth-order valence-electron chi connectivity index (χ4n) is 4.56. The lowest BCUT2D eigenvalue weighted by Gasteiger charge is -2.23. The van der Waals surface area contributed by atoms with Crippen molar-refractivity contribution in [1.82, 2.24) is 0 Å². The second kappa shape index (κ2) is 13.0. The van der Waals surface area contributed by atoms with Gasteiger partial charge in [-0.25, -0.2) is 0 Å². The van der Waals surface area contributed by atoms with Crippen LogP contribution in [0.2, 0.25) is 0 Å². The van der Waals surface area contributed by atoms with Crippen molar-refractivity contribution in [2.45, 2.75) is 6.92 Å². The lowest BCUT2D eigenvalue weighted by Crippen LogP contribution is -2.18. The molecule has 6 aromatic carbocycles. The molecule has 6 rings (SSSR count). The van der Waals surface area contributed by atoms with Crippen molar-refractivity contribution in [3.05, 3.63) is 169 Å². The summed E-state index contributed by atoms with van der Waals surface area (Å²) in [5, 5.41) is 4.58. The molecule has 0 aliphatic rings. The summed E-state index contributed by atoms with van der Waals surface area (Å²) in [5.74, 6) is 1.68. The molecule has 0 aliphatic carbocycles. The molecule has 4 heteroatoms. The van der Waals surface area contributed by atoms with Gasteiger partial charge in [-0.3, -0.25) is 0 Å². The van der Waals surface area contributed by atoms with Gasteiger partial charge in [0.15, 0.2) is 16.3 Å². The Morgan fingerprint density at radius 3 is 1.32 bits per heavy atom. The van der Waals surface area contributed by atoms with E-state index >= 15 is 0 Å². The van der Waals surface area contributed by atoms with Gasteiger partial charge in [0.25, 0.3) is 0 Å². The Morgan fingerprint density at radius 1 is 0.366 bits per heavy atom. The summed E-state index contributed by atoms with van der Waals surface area (Å²) >= 11 is 0. The predicted octanol–water partition coefficient (Wildman–Crippen LogP) is 8.52. The van der Waals surface area contributed by atoms with E-state index in [1.54, 1.807) is 0 Å². The molecule has 0 aliphatic heterocycles. The third kappa shape index (κ3) is 6.75. The van der Waals surface area contributed by atoms with Gasteiger partial charge < -0.3 is 9.05 Å². The van der Waals surface area contributed by atoms with Crippen molar-refractivity contribution in [3.63, 3.8) is 0 Å². The first-order chi connectivity index (χ1) is 20.2. The van der Waals surface area contributed by atoms with Crippen LogP contribution in [0.15, 0.2) is 164 Å². The van der Waals surface area contributed by atoms with Gasteiger partial charge in [-0.05, 0) is 48.4 Å². The summed E-state index contributed by atoms with van der Waals surface area (Å²) in [6.45, 7) is 2.12. The van der Waals surface area contributed by atoms with Crippen LogP contribution in [-0.4, -0.2) is 0 Å². The van der Waals surface area contributed by atoms with E-state index in [2.05, 4.69) is 122 Å². The van der Waals surface area contributed by atoms with Crippen molar-refractivity contribution >= 4 is 37.5 Å². The molecule has 0 saturated heterocycles. The predicted molar refractivity (Wildman–Crippen MR) is 176 cm³/mol. The SMILES string of the molecule is Cc1ccc(-c2cc(OP(c3ccccc3)c3ccccc3)cc(P(Oc3ccccc3)c3ccccc3)c2)cc1. The average Bonchev–Trinajstić information content (AvgIpc) is 3.04. The molecule has 0 aromatic heterocycles. The molecule has 0 radical (unpaired) electrons. The highest BCUT2D eigenvalue weighted by Gasteiger charge is 2.22. The van der Waals surface area contributed by atoms with Gasteiger partial charge in [-0.2, -0.15) is 0 Å². The second-order valence-corrected chi connectivity index (χ2v) is 13.3. The molecule has 0 N–H and O–H groups in total. The fraction of sp³-hybridized carbons (Fsp3) is 0.0270. The van der Waals surface area contributed by atoms with Gasteiger partial charge in [-0.15, -0.1) is 0 Å². The number of para-hydroxylation sites is 1. The summed E-state index contributed by atoms with van der Waals surface area (Å²) in [7, 11) is -2.24. The van der Waals surface area contributed by atoms with Gasteiger partial charge >= 0.3 is 0 Å². The number of aryl methyl sites for hydroxylation is 1. The van der Waals surface area contributed by atoms with E-state index in [0.29, 0.717) is 0 Å². The standard InChI is InChI=1S/C37H30O2P2/c1-29-22-24-30(25-23-29)31-26-33(39-40(34-16-8-3-9-17-34)35-18-10-4-11-19-35)28-37(27-31)41(36-20-12-5-13-21-36)38-32-14-6-2-7-15-32/h2-28H,1H3. The van der Waals surface area contributed by atoms with Crippen LogP contribution in [0.3, 0.4) is 0 Å². The molecule has 0 spiro atoms. The Labute approximate surface area is 244 Å². The van der Waals surface area contributed by atoms with Crippen LogP contribution in [0.1, 0.15) is 5.56 Å². The highest BCUT2D eigenvalue weighted by Crippen LogP contribution is 2.42. The van der Waals surface area contributed by atoms with Crippen molar-refractivity contribution in [3.8, 4) is 22.6 Å². The van der Waals surface area contributed by atoms with E-state index in [0.717, 1.165) is 33.2 Å². The van der Waals surface area contributed by atoms with E-state index in [9.17, 15) is 0 Å². The first-order valence-electron chi connectivity index (χ1n) is 13.6. The van der Waals surface area contributed by atoms with E-state index in [1.807, 2.05) is 48.5 Å². The van der Waals surface area contributed by atoms with E-state index in [1.165, 1.54) is 16.2 Å². The fourth-order valence-corrected chi connectivity index (χ4v) is 8.05. The van der Waals surface area contributed by atoms with Gasteiger partial charge in [0.05, 0.1) is 0 Å². The Hall–Kier alpha value is -4.22. The van der Waals surface area contributed by atoms with Crippen molar-refractivity contribution in [2.24, 2.45) is 0 Å². The molecule has 6 aromatic rings. The van der Waals surface area contributed by atoms with Crippen LogP contribution in [0.4, 0.5) is 0 Å². The molecule has 1 unspecified atom stereocenters. The topological polar surface area (TPSA) is 18.5 Å². The van der Waals surface area contributed by atoms with Gasteiger partial charge in [-0.1, -0.05) is 139 Å². The molecule has 41 heavy (non-hydrogen) atoms. The molecular weight excluding hydrogens is 538 g/mol. The Balaban J connectivity index is 1.48. The highest BCUT2D eigenvalue weighted by atomic mass is 31.1. The van der Waals surface area contributed by atoms with Crippen LogP contribution in [0.25, 0.3) is 11.1 Å². The Morgan fingerprint density at radius 2 is 0.805 bits per heavy atom. The number of hydrogen-bond acceptors (Lipinski definition) is 2. The van der Waals surface area contributed by atoms with E-state index in [-0.39, 0.29) is 0 Å². The molecule has 0 fully saturated rings. The van der Waals surface area contributed by atoms with Crippen LogP contribution >= 0.6 is 16.3 Å². The summed E-state index contributed by atoms with van der Waals surface area (Å²) in [6.07, 6.45) is 0. The monoisotopic (exact) mass is 568 g/mol.